The first kappa shape index (κ1) is 22.1. The minimum absolute atomic E-state index is 0.0367. The Hall–Kier alpha value is -2.64. The van der Waals surface area contributed by atoms with Gasteiger partial charge in [0.2, 0.25) is 0 Å². The van der Waals surface area contributed by atoms with Gasteiger partial charge in [-0.2, -0.15) is 0 Å². The summed E-state index contributed by atoms with van der Waals surface area (Å²) >= 11 is 6.48. The van der Waals surface area contributed by atoms with Crippen molar-refractivity contribution in [1.82, 2.24) is 9.55 Å². The van der Waals surface area contributed by atoms with E-state index in [0.29, 0.717) is 40.5 Å². The fourth-order valence-corrected chi connectivity index (χ4v) is 3.55. The van der Waals surface area contributed by atoms with Gasteiger partial charge in [-0.15, -0.1) is 0 Å². The third kappa shape index (κ3) is 5.93. The Morgan fingerprint density at radius 1 is 1.40 bits per heavy atom. The molecule has 1 fully saturated rings. The summed E-state index contributed by atoms with van der Waals surface area (Å²) in [5, 5.41) is 14.8. The second-order valence-corrected chi connectivity index (χ2v) is 8.18. The van der Waals surface area contributed by atoms with E-state index in [2.05, 4.69) is 29.5 Å². The van der Waals surface area contributed by atoms with Crippen LogP contribution >= 0.6 is 11.6 Å². The highest BCUT2D eigenvalue weighted by atomic mass is 35.5. The van der Waals surface area contributed by atoms with E-state index < -0.39 is 0 Å². The van der Waals surface area contributed by atoms with Crippen molar-refractivity contribution < 1.29 is 4.74 Å². The van der Waals surface area contributed by atoms with Gasteiger partial charge in [0.15, 0.2) is 0 Å². The number of pyridine rings is 2. The molecule has 8 heteroatoms. The Bertz CT molecular complexity index is 964. The van der Waals surface area contributed by atoms with E-state index in [1.807, 2.05) is 0 Å². The molecule has 3 heterocycles. The van der Waals surface area contributed by atoms with E-state index in [1.54, 1.807) is 35.3 Å². The summed E-state index contributed by atoms with van der Waals surface area (Å²) in [5.74, 6) is 1.08. The Morgan fingerprint density at radius 3 is 2.83 bits per heavy atom. The van der Waals surface area contributed by atoms with Crippen molar-refractivity contribution in [2.75, 3.05) is 23.8 Å². The van der Waals surface area contributed by atoms with Crippen LogP contribution in [0.5, 0.6) is 0 Å². The lowest BCUT2D eigenvalue weighted by Crippen LogP contribution is -2.28. The summed E-state index contributed by atoms with van der Waals surface area (Å²) in [6.45, 7) is 6.28. The van der Waals surface area contributed by atoms with E-state index >= 15 is 0 Å². The van der Waals surface area contributed by atoms with Crippen molar-refractivity contribution in [3.8, 4) is 0 Å². The summed E-state index contributed by atoms with van der Waals surface area (Å²) in [5.41, 5.74) is 1.97. The summed E-state index contributed by atoms with van der Waals surface area (Å²) in [6, 6.07) is 5.37. The maximum absolute atomic E-state index is 12.0. The van der Waals surface area contributed by atoms with Gasteiger partial charge in [-0.05, 0) is 30.9 Å². The number of hydrogen-bond donors (Lipinski definition) is 3. The van der Waals surface area contributed by atoms with Gasteiger partial charge in [-0.25, -0.2) is 4.98 Å². The maximum Gasteiger partial charge on any atom is 0.250 e. The molecule has 3 N–H and O–H groups in total. The smallest absolute Gasteiger partial charge is 0.250 e. The largest absolute Gasteiger partial charge is 0.381 e. The van der Waals surface area contributed by atoms with Gasteiger partial charge >= 0.3 is 0 Å². The summed E-state index contributed by atoms with van der Waals surface area (Å²) in [4.78, 5) is 16.4. The molecule has 7 nitrogen and oxygen atoms in total. The molecule has 30 heavy (non-hydrogen) atoms. The molecule has 0 amide bonds. The van der Waals surface area contributed by atoms with Crippen LogP contribution in [0.2, 0.25) is 5.02 Å². The zero-order valence-electron chi connectivity index (χ0n) is 17.3. The second-order valence-electron chi connectivity index (χ2n) is 7.77. The molecule has 0 radical (unpaired) electrons. The number of allylic oxidation sites excluding steroid dienone is 1. The first-order chi connectivity index (χ1) is 14.5. The minimum atomic E-state index is -0.0367. The number of hydrogen-bond acceptors (Lipinski definition) is 6. The molecule has 1 aliphatic rings. The normalized spacial score (nSPS) is 15.3. The molecule has 0 bridgehead atoms. The van der Waals surface area contributed by atoms with Crippen LogP contribution in [0.25, 0.3) is 5.57 Å². The first-order valence-corrected chi connectivity index (χ1v) is 10.5. The monoisotopic (exact) mass is 429 g/mol. The highest BCUT2D eigenvalue weighted by Crippen LogP contribution is 2.25. The Morgan fingerprint density at radius 2 is 2.17 bits per heavy atom. The number of ether oxygens (including phenoxy) is 1. The predicted molar refractivity (Wildman–Crippen MR) is 123 cm³/mol. The molecule has 3 rings (SSSR count). The average molecular weight is 430 g/mol. The molecule has 0 unspecified atom stereocenters. The lowest BCUT2D eigenvalue weighted by atomic mass is 10.1. The lowest BCUT2D eigenvalue weighted by molar-refractivity contribution is 0.0904. The highest BCUT2D eigenvalue weighted by Gasteiger charge is 2.15. The number of rotatable bonds is 8. The van der Waals surface area contributed by atoms with Gasteiger partial charge < -0.3 is 25.3 Å². The molecule has 0 saturated carbocycles. The minimum Gasteiger partial charge on any atom is -0.381 e. The molecular formula is C22H28ClN5O2. The van der Waals surface area contributed by atoms with Crippen molar-refractivity contribution in [2.24, 2.45) is 5.92 Å². The van der Waals surface area contributed by atoms with Crippen molar-refractivity contribution in [2.45, 2.75) is 39.3 Å². The van der Waals surface area contributed by atoms with Crippen LogP contribution in [0.3, 0.4) is 0 Å². The zero-order valence-corrected chi connectivity index (χ0v) is 18.1. The van der Waals surface area contributed by atoms with Gasteiger partial charge in [0.25, 0.3) is 5.56 Å². The third-order valence-corrected chi connectivity index (χ3v) is 5.15. The van der Waals surface area contributed by atoms with E-state index in [1.165, 1.54) is 12.3 Å². The number of anilines is 2. The summed E-state index contributed by atoms with van der Waals surface area (Å²) < 4.78 is 7.05. The second kappa shape index (κ2) is 10.4. The van der Waals surface area contributed by atoms with Crippen molar-refractivity contribution in [3.05, 3.63) is 57.7 Å². The topological polar surface area (TPSA) is 92.0 Å². The van der Waals surface area contributed by atoms with Crippen molar-refractivity contribution in [1.29, 1.82) is 5.41 Å². The van der Waals surface area contributed by atoms with E-state index in [9.17, 15) is 4.79 Å². The molecule has 1 aliphatic heterocycles. The summed E-state index contributed by atoms with van der Waals surface area (Å²) in [6.07, 6.45) is 8.25. The van der Waals surface area contributed by atoms with Gasteiger partial charge in [0.05, 0.1) is 10.7 Å². The zero-order chi connectivity index (χ0) is 21.5. The van der Waals surface area contributed by atoms with Gasteiger partial charge in [0.1, 0.15) is 5.82 Å². The average Bonchev–Trinajstić information content (AvgIpc) is 2.72. The van der Waals surface area contributed by atoms with E-state index in [4.69, 9.17) is 21.7 Å². The van der Waals surface area contributed by atoms with Crippen LogP contribution < -0.4 is 16.2 Å². The fraction of sp³-hybridized carbons (Fsp3) is 0.409. The molecule has 2 aromatic rings. The van der Waals surface area contributed by atoms with E-state index in [0.717, 1.165) is 31.7 Å². The summed E-state index contributed by atoms with van der Waals surface area (Å²) in [7, 11) is 0. The molecule has 0 atom stereocenters. The number of nitrogens with one attached hydrogen (secondary N) is 3. The quantitative estimate of drug-likeness (QED) is 0.545. The number of halogens is 1. The van der Waals surface area contributed by atoms with Crippen LogP contribution in [0, 0.1) is 11.3 Å². The molecular weight excluding hydrogens is 402 g/mol. The Balaban J connectivity index is 1.74. The SMILES string of the molecule is CC(C)Cn1cc(N/C=C(\C=N)c2cnc(NC3CCOCC3)cc2Cl)ccc1=O. The molecule has 0 aliphatic carbocycles. The molecule has 2 aromatic heterocycles. The highest BCUT2D eigenvalue weighted by molar-refractivity contribution is 6.34. The number of nitrogens with zero attached hydrogens (tertiary/aromatic N) is 2. The van der Waals surface area contributed by atoms with Gasteiger partial charge in [-0.3, -0.25) is 4.79 Å². The fourth-order valence-electron chi connectivity index (χ4n) is 3.28. The molecule has 0 spiro atoms. The predicted octanol–water partition coefficient (Wildman–Crippen LogP) is 4.25. The number of aromatic nitrogens is 2. The van der Waals surface area contributed by atoms with Crippen LogP contribution in [-0.4, -0.2) is 35.0 Å². The van der Waals surface area contributed by atoms with Gasteiger partial charge in [-0.1, -0.05) is 25.4 Å². The molecule has 0 aromatic carbocycles. The lowest BCUT2D eigenvalue weighted by Gasteiger charge is -2.23. The molecule has 160 valence electrons. The Labute approximate surface area is 181 Å². The van der Waals surface area contributed by atoms with Crippen LogP contribution in [0.15, 0.2) is 41.6 Å². The van der Waals surface area contributed by atoms with Crippen molar-refractivity contribution >= 4 is 34.9 Å². The third-order valence-electron chi connectivity index (χ3n) is 4.83. The van der Waals surface area contributed by atoms with Crippen LogP contribution in [-0.2, 0) is 11.3 Å². The van der Waals surface area contributed by atoms with Crippen LogP contribution in [0.4, 0.5) is 11.5 Å². The molecule has 1 saturated heterocycles. The van der Waals surface area contributed by atoms with E-state index in [-0.39, 0.29) is 5.56 Å². The van der Waals surface area contributed by atoms with Crippen LogP contribution in [0.1, 0.15) is 32.3 Å². The van der Waals surface area contributed by atoms with Crippen molar-refractivity contribution in [3.63, 3.8) is 0 Å². The van der Waals surface area contributed by atoms with Gasteiger partial charge in [0, 0.05) is 67.8 Å². The first-order valence-electron chi connectivity index (χ1n) is 10.1. The maximum atomic E-state index is 12.0. The Kier molecular flexibility index (Phi) is 7.65. The standard InChI is InChI=1S/C22H28ClN5O2/c1-15(2)13-28-14-18(3-4-22(28)29)25-11-16(10-24)19-12-26-21(9-20(19)23)27-17-5-7-30-8-6-17/h3-4,9-12,14-15,17,24-25H,5-8,13H2,1-2H3,(H,26,27)/b16-11+,24-10?.